The van der Waals surface area contributed by atoms with Gasteiger partial charge in [-0.2, -0.15) is 0 Å². The van der Waals surface area contributed by atoms with E-state index in [0.29, 0.717) is 11.8 Å². The molecular formula is C18H16O5. The number of ketones is 1. The fourth-order valence-electron chi connectivity index (χ4n) is 2.90. The van der Waals surface area contributed by atoms with Crippen LogP contribution in [-0.4, -0.2) is 24.3 Å². The molecule has 0 amide bonds. The van der Waals surface area contributed by atoms with Crippen LogP contribution in [0.4, 0.5) is 0 Å². The van der Waals surface area contributed by atoms with Gasteiger partial charge >= 0.3 is 0 Å². The Morgan fingerprint density at radius 3 is 2.61 bits per heavy atom. The van der Waals surface area contributed by atoms with Crippen LogP contribution >= 0.6 is 0 Å². The zero-order chi connectivity index (χ0) is 16.6. The summed E-state index contributed by atoms with van der Waals surface area (Å²) in [5.74, 6) is -0.145. The molecule has 118 valence electrons. The molecule has 5 nitrogen and oxygen atoms in total. The Balaban J connectivity index is 2.19. The van der Waals surface area contributed by atoms with Crippen LogP contribution in [0.1, 0.15) is 44.4 Å². The Morgan fingerprint density at radius 1 is 1.30 bits per heavy atom. The lowest BCUT2D eigenvalue weighted by atomic mass is 9.91. The van der Waals surface area contributed by atoms with Gasteiger partial charge in [-0.15, -0.1) is 0 Å². The largest absolute Gasteiger partial charge is 0.507 e. The summed E-state index contributed by atoms with van der Waals surface area (Å²) in [4.78, 5) is 24.0. The third-order valence-corrected chi connectivity index (χ3v) is 4.05. The van der Waals surface area contributed by atoms with Crippen LogP contribution in [0.2, 0.25) is 0 Å². The predicted molar refractivity (Wildman–Crippen MR) is 83.5 cm³/mol. The second kappa shape index (κ2) is 5.76. The minimum absolute atomic E-state index is 0.0533. The second-order valence-electron chi connectivity index (χ2n) is 5.39. The van der Waals surface area contributed by atoms with Gasteiger partial charge in [0.15, 0.2) is 12.1 Å². The number of benzene rings is 2. The van der Waals surface area contributed by atoms with Gasteiger partial charge in [0.25, 0.3) is 0 Å². The zero-order valence-electron chi connectivity index (χ0n) is 12.8. The zero-order valence-corrected chi connectivity index (χ0v) is 12.8. The van der Waals surface area contributed by atoms with Crippen molar-refractivity contribution in [3.63, 3.8) is 0 Å². The van der Waals surface area contributed by atoms with Gasteiger partial charge in [0, 0.05) is 5.56 Å². The number of ether oxygens (including phenoxy) is 2. The Bertz CT molecular complexity index is 780. The molecule has 3 rings (SSSR count). The molecule has 0 saturated heterocycles. The van der Waals surface area contributed by atoms with Gasteiger partial charge < -0.3 is 14.6 Å². The van der Waals surface area contributed by atoms with Crippen molar-refractivity contribution in [3.8, 4) is 17.2 Å². The Kier molecular flexibility index (Phi) is 3.78. The number of fused-ring (bicyclic) bond motifs is 1. The standard InChI is InChI=1S/C18H16O5/c1-10-16(21)15-13(20)8-14(11-6-4-3-5-7-11)23-18(15)12(9-19)17(10)22-2/h3-7,9,14,21H,8H2,1-2H3/t14-/m0/s1. The first-order valence-electron chi connectivity index (χ1n) is 7.22. The number of aldehydes is 1. The summed E-state index contributed by atoms with van der Waals surface area (Å²) in [5, 5.41) is 10.3. The average Bonchev–Trinajstić information content (AvgIpc) is 2.58. The molecule has 1 atom stereocenters. The molecule has 0 fully saturated rings. The maximum atomic E-state index is 12.5. The molecular weight excluding hydrogens is 296 g/mol. The van der Waals surface area contributed by atoms with Crippen molar-refractivity contribution < 1.29 is 24.2 Å². The fraction of sp³-hybridized carbons (Fsp3) is 0.222. The fourth-order valence-corrected chi connectivity index (χ4v) is 2.90. The van der Waals surface area contributed by atoms with Crippen LogP contribution in [-0.2, 0) is 0 Å². The van der Waals surface area contributed by atoms with Crippen molar-refractivity contribution in [3.05, 3.63) is 52.6 Å². The van der Waals surface area contributed by atoms with Crippen LogP contribution in [0.25, 0.3) is 0 Å². The van der Waals surface area contributed by atoms with Crippen molar-refractivity contribution in [2.75, 3.05) is 7.11 Å². The van der Waals surface area contributed by atoms with E-state index in [4.69, 9.17) is 9.47 Å². The van der Waals surface area contributed by atoms with E-state index in [2.05, 4.69) is 0 Å². The molecule has 23 heavy (non-hydrogen) atoms. The summed E-state index contributed by atoms with van der Waals surface area (Å²) in [5.41, 5.74) is 1.38. The van der Waals surface area contributed by atoms with E-state index in [9.17, 15) is 14.7 Å². The molecule has 0 unspecified atom stereocenters. The number of phenols is 1. The minimum atomic E-state index is -0.498. The maximum Gasteiger partial charge on any atom is 0.174 e. The number of carbonyl (C=O) groups excluding carboxylic acids is 2. The Labute approximate surface area is 133 Å². The van der Waals surface area contributed by atoms with Crippen LogP contribution < -0.4 is 9.47 Å². The molecule has 2 aromatic carbocycles. The topological polar surface area (TPSA) is 72.8 Å². The second-order valence-corrected chi connectivity index (χ2v) is 5.39. The van der Waals surface area contributed by atoms with Gasteiger partial charge in [-0.25, -0.2) is 0 Å². The highest BCUT2D eigenvalue weighted by Crippen LogP contribution is 2.47. The normalized spacial score (nSPS) is 16.4. The van der Waals surface area contributed by atoms with Crippen LogP contribution in [0.3, 0.4) is 0 Å². The molecule has 0 aromatic heterocycles. The molecule has 0 bridgehead atoms. The quantitative estimate of drug-likeness (QED) is 0.881. The number of aromatic hydroxyl groups is 1. The molecule has 0 radical (unpaired) electrons. The summed E-state index contributed by atoms with van der Waals surface area (Å²) in [6.07, 6.45) is 0.195. The van der Waals surface area contributed by atoms with E-state index >= 15 is 0 Å². The Hall–Kier alpha value is -2.82. The first kappa shape index (κ1) is 15.1. The first-order chi connectivity index (χ1) is 11.1. The smallest absolute Gasteiger partial charge is 0.174 e. The van der Waals surface area contributed by atoms with Crippen LogP contribution in [0, 0.1) is 6.92 Å². The molecule has 2 aromatic rings. The first-order valence-corrected chi connectivity index (χ1v) is 7.22. The third-order valence-electron chi connectivity index (χ3n) is 4.05. The molecule has 1 N–H and O–H groups in total. The van der Waals surface area contributed by atoms with Gasteiger partial charge in [-0.05, 0) is 12.5 Å². The molecule has 0 saturated carbocycles. The maximum absolute atomic E-state index is 12.5. The molecule has 0 aliphatic carbocycles. The van der Waals surface area contributed by atoms with Gasteiger partial charge in [0.1, 0.15) is 28.9 Å². The molecule has 1 aliphatic rings. The monoisotopic (exact) mass is 312 g/mol. The lowest BCUT2D eigenvalue weighted by molar-refractivity contribution is 0.0841. The summed E-state index contributed by atoms with van der Waals surface area (Å²) in [7, 11) is 1.40. The van der Waals surface area contributed by atoms with Crippen molar-refractivity contribution in [2.45, 2.75) is 19.4 Å². The van der Waals surface area contributed by atoms with Gasteiger partial charge in [-0.3, -0.25) is 9.59 Å². The number of methoxy groups -OCH3 is 1. The molecule has 5 heteroatoms. The van der Waals surface area contributed by atoms with Crippen LogP contribution in [0.5, 0.6) is 17.2 Å². The highest BCUT2D eigenvalue weighted by Gasteiger charge is 2.35. The SMILES string of the molecule is COc1c(C)c(O)c2c(c1C=O)O[C@H](c1ccccc1)CC2=O. The van der Waals surface area contributed by atoms with Gasteiger partial charge in [0.05, 0.1) is 19.1 Å². The predicted octanol–water partition coefficient (Wildman–Crippen LogP) is 3.23. The number of phenolic OH excluding ortho intramolecular Hbond substituents is 1. The van der Waals surface area contributed by atoms with Crippen molar-refractivity contribution in [1.82, 2.24) is 0 Å². The summed E-state index contributed by atoms with van der Waals surface area (Å²) in [6.45, 7) is 1.60. The lowest BCUT2D eigenvalue weighted by Crippen LogP contribution is -2.22. The van der Waals surface area contributed by atoms with Crippen molar-refractivity contribution in [2.24, 2.45) is 0 Å². The Morgan fingerprint density at radius 2 is 2.00 bits per heavy atom. The summed E-state index contributed by atoms with van der Waals surface area (Å²) < 4.78 is 11.1. The van der Waals surface area contributed by atoms with E-state index < -0.39 is 6.10 Å². The van der Waals surface area contributed by atoms with Gasteiger partial charge in [-0.1, -0.05) is 30.3 Å². The lowest BCUT2D eigenvalue weighted by Gasteiger charge is -2.28. The number of rotatable bonds is 3. The van der Waals surface area contributed by atoms with Crippen molar-refractivity contribution >= 4 is 12.1 Å². The number of Topliss-reactive ketones (excluding diaryl/α,β-unsaturated/α-hetero) is 1. The van der Waals surface area contributed by atoms with Crippen molar-refractivity contribution in [1.29, 1.82) is 0 Å². The van der Waals surface area contributed by atoms with Crippen LogP contribution in [0.15, 0.2) is 30.3 Å². The number of hydrogen-bond donors (Lipinski definition) is 1. The number of carbonyl (C=O) groups is 2. The summed E-state index contributed by atoms with van der Waals surface area (Å²) >= 11 is 0. The van der Waals surface area contributed by atoms with E-state index in [1.807, 2.05) is 30.3 Å². The number of hydrogen-bond acceptors (Lipinski definition) is 5. The highest BCUT2D eigenvalue weighted by molar-refractivity contribution is 6.06. The molecule has 0 spiro atoms. The van der Waals surface area contributed by atoms with E-state index in [1.54, 1.807) is 6.92 Å². The van der Waals surface area contributed by atoms with E-state index in [-0.39, 0.29) is 40.6 Å². The molecule has 1 aliphatic heterocycles. The van der Waals surface area contributed by atoms with E-state index in [0.717, 1.165) is 5.56 Å². The van der Waals surface area contributed by atoms with Gasteiger partial charge in [0.2, 0.25) is 0 Å². The average molecular weight is 312 g/mol. The van der Waals surface area contributed by atoms with E-state index in [1.165, 1.54) is 7.11 Å². The molecule has 1 heterocycles. The highest BCUT2D eigenvalue weighted by atomic mass is 16.5. The third kappa shape index (κ3) is 2.34. The minimum Gasteiger partial charge on any atom is -0.507 e. The summed E-state index contributed by atoms with van der Waals surface area (Å²) in [6, 6.07) is 9.29.